The van der Waals surface area contributed by atoms with Crippen LogP contribution in [0, 0.1) is 6.92 Å². The molecular weight excluding hydrogens is 464 g/mol. The molecule has 0 unspecified atom stereocenters. The maximum atomic E-state index is 12.4. The van der Waals surface area contributed by atoms with E-state index in [1.54, 1.807) is 0 Å². The van der Waals surface area contributed by atoms with Gasteiger partial charge in [0, 0.05) is 23.1 Å². The van der Waals surface area contributed by atoms with Crippen molar-refractivity contribution in [2.24, 2.45) is 0 Å². The maximum absolute atomic E-state index is 12.4. The van der Waals surface area contributed by atoms with E-state index in [1.807, 2.05) is 37.3 Å². The van der Waals surface area contributed by atoms with Crippen LogP contribution >= 0.6 is 23.1 Å². The molecule has 0 radical (unpaired) electrons. The predicted octanol–water partition coefficient (Wildman–Crippen LogP) is 5.30. The summed E-state index contributed by atoms with van der Waals surface area (Å²) in [5.41, 5.74) is 3.84. The Morgan fingerprint density at radius 1 is 1.00 bits per heavy atom. The molecule has 0 aliphatic rings. The van der Waals surface area contributed by atoms with Crippen molar-refractivity contribution in [1.29, 1.82) is 0 Å². The van der Waals surface area contributed by atoms with Crippen molar-refractivity contribution in [1.82, 2.24) is 29.4 Å². The molecule has 0 saturated heterocycles. The van der Waals surface area contributed by atoms with E-state index in [0.29, 0.717) is 16.4 Å². The summed E-state index contributed by atoms with van der Waals surface area (Å²) < 4.78 is 3.40. The second-order valence-corrected chi connectivity index (χ2v) is 11.1. The molecule has 0 fully saturated rings. The highest BCUT2D eigenvalue weighted by atomic mass is 32.2. The van der Waals surface area contributed by atoms with Crippen LogP contribution < -0.4 is 5.56 Å². The minimum Gasteiger partial charge on any atom is -0.270 e. The predicted molar refractivity (Wildman–Crippen MR) is 137 cm³/mol. The summed E-state index contributed by atoms with van der Waals surface area (Å²) in [4.78, 5) is 17.6. The molecule has 0 aliphatic carbocycles. The molecule has 2 aromatic carbocycles. The Morgan fingerprint density at radius 3 is 2.44 bits per heavy atom. The van der Waals surface area contributed by atoms with Gasteiger partial charge in [-0.1, -0.05) is 86.3 Å². The quantitative estimate of drug-likeness (QED) is 0.313. The number of benzene rings is 2. The number of rotatable bonds is 5. The van der Waals surface area contributed by atoms with E-state index in [9.17, 15) is 4.79 Å². The van der Waals surface area contributed by atoms with Crippen molar-refractivity contribution < 1.29 is 0 Å². The number of thioether (sulfide) groups is 1. The second-order valence-electron chi connectivity index (χ2n) is 8.99. The van der Waals surface area contributed by atoms with Gasteiger partial charge in [-0.3, -0.25) is 9.36 Å². The number of fused-ring (bicyclic) bond motifs is 1. The van der Waals surface area contributed by atoms with Gasteiger partial charge in [-0.15, -0.1) is 10.2 Å². The molecule has 172 valence electrons. The minimum absolute atomic E-state index is 0.0794. The maximum Gasteiger partial charge on any atom is 0.275 e. The molecule has 0 atom stereocenters. The van der Waals surface area contributed by atoms with E-state index in [0.717, 1.165) is 27.2 Å². The topological polar surface area (TPSA) is 78.0 Å². The Kier molecular flexibility index (Phi) is 5.83. The fraction of sp³-hybridized carbons (Fsp3) is 0.240. The first kappa shape index (κ1) is 22.5. The van der Waals surface area contributed by atoms with E-state index in [4.69, 9.17) is 0 Å². The van der Waals surface area contributed by atoms with Crippen LogP contribution in [0.25, 0.3) is 22.0 Å². The lowest BCUT2D eigenvalue weighted by atomic mass is 9.87. The van der Waals surface area contributed by atoms with Gasteiger partial charge in [-0.2, -0.15) is 9.61 Å². The SMILES string of the molecule is Cc1nn2c(=O)cc(CSc3nnc(-c4ccc(C(C)(C)C)cc4)n3-c3ccccc3)nc2s1. The summed E-state index contributed by atoms with van der Waals surface area (Å²) in [5.74, 6) is 1.27. The van der Waals surface area contributed by atoms with Crippen LogP contribution in [0.2, 0.25) is 0 Å². The second kappa shape index (κ2) is 8.81. The molecule has 5 aromatic rings. The van der Waals surface area contributed by atoms with Gasteiger partial charge in [0.2, 0.25) is 4.96 Å². The highest BCUT2D eigenvalue weighted by Gasteiger charge is 2.19. The molecule has 34 heavy (non-hydrogen) atoms. The van der Waals surface area contributed by atoms with Crippen molar-refractivity contribution in [3.63, 3.8) is 0 Å². The molecule has 0 bridgehead atoms. The van der Waals surface area contributed by atoms with Crippen molar-refractivity contribution in [3.05, 3.63) is 87.3 Å². The number of hydrogen-bond donors (Lipinski definition) is 0. The van der Waals surface area contributed by atoms with E-state index in [2.05, 4.69) is 69.9 Å². The molecular formula is C25H24N6OS2. The summed E-state index contributed by atoms with van der Waals surface area (Å²) in [6.45, 7) is 8.47. The van der Waals surface area contributed by atoms with Gasteiger partial charge in [0.15, 0.2) is 11.0 Å². The van der Waals surface area contributed by atoms with Crippen molar-refractivity contribution >= 4 is 28.1 Å². The number of aryl methyl sites for hydroxylation is 1. The molecule has 3 heterocycles. The number of aromatic nitrogens is 6. The van der Waals surface area contributed by atoms with Crippen molar-refractivity contribution in [3.8, 4) is 17.1 Å². The molecule has 3 aromatic heterocycles. The largest absolute Gasteiger partial charge is 0.275 e. The molecule has 7 nitrogen and oxygen atoms in total. The zero-order chi connectivity index (χ0) is 23.9. The van der Waals surface area contributed by atoms with Crippen LogP contribution in [-0.2, 0) is 11.2 Å². The average molecular weight is 489 g/mol. The van der Waals surface area contributed by atoms with Gasteiger partial charge >= 0.3 is 0 Å². The lowest BCUT2D eigenvalue weighted by molar-refractivity contribution is 0.590. The zero-order valence-electron chi connectivity index (χ0n) is 19.4. The molecule has 0 amide bonds. The Bertz CT molecular complexity index is 1510. The third-order valence-corrected chi connectivity index (χ3v) is 7.19. The average Bonchev–Trinajstić information content (AvgIpc) is 3.41. The van der Waals surface area contributed by atoms with Gasteiger partial charge in [0.1, 0.15) is 5.01 Å². The lowest BCUT2D eigenvalue weighted by Gasteiger charge is -2.19. The summed E-state index contributed by atoms with van der Waals surface area (Å²) in [7, 11) is 0. The van der Waals surface area contributed by atoms with Gasteiger partial charge < -0.3 is 0 Å². The van der Waals surface area contributed by atoms with Crippen LogP contribution in [-0.4, -0.2) is 29.4 Å². The van der Waals surface area contributed by atoms with E-state index >= 15 is 0 Å². The minimum atomic E-state index is -0.172. The van der Waals surface area contributed by atoms with Crippen LogP contribution in [0.15, 0.2) is 70.6 Å². The van der Waals surface area contributed by atoms with Crippen LogP contribution in [0.3, 0.4) is 0 Å². The van der Waals surface area contributed by atoms with E-state index in [1.165, 1.54) is 39.2 Å². The third kappa shape index (κ3) is 4.41. The Morgan fingerprint density at radius 2 is 1.74 bits per heavy atom. The molecule has 9 heteroatoms. The third-order valence-electron chi connectivity index (χ3n) is 5.41. The number of para-hydroxylation sites is 1. The highest BCUT2D eigenvalue weighted by Crippen LogP contribution is 2.31. The zero-order valence-corrected chi connectivity index (χ0v) is 21.0. The first-order valence-electron chi connectivity index (χ1n) is 10.9. The summed E-state index contributed by atoms with van der Waals surface area (Å²) in [6, 6.07) is 20.1. The fourth-order valence-electron chi connectivity index (χ4n) is 3.64. The number of nitrogens with zero attached hydrogens (tertiary/aromatic N) is 6. The monoisotopic (exact) mass is 488 g/mol. The molecule has 0 saturated carbocycles. The number of hydrogen-bond acceptors (Lipinski definition) is 7. The molecule has 0 aliphatic heterocycles. The fourth-order valence-corrected chi connectivity index (χ4v) is 5.26. The Balaban J connectivity index is 1.51. The Labute approximate surface area is 205 Å². The molecule has 0 spiro atoms. The first-order valence-corrected chi connectivity index (χ1v) is 12.7. The summed E-state index contributed by atoms with van der Waals surface area (Å²) in [6.07, 6.45) is 0. The van der Waals surface area contributed by atoms with Crippen LogP contribution in [0.4, 0.5) is 0 Å². The Hall–Kier alpha value is -3.30. The molecule has 5 rings (SSSR count). The smallest absolute Gasteiger partial charge is 0.270 e. The van der Waals surface area contributed by atoms with Crippen molar-refractivity contribution in [2.45, 2.75) is 44.0 Å². The van der Waals surface area contributed by atoms with Gasteiger partial charge in [0.05, 0.1) is 5.69 Å². The van der Waals surface area contributed by atoms with E-state index in [-0.39, 0.29) is 11.0 Å². The van der Waals surface area contributed by atoms with Crippen LogP contribution in [0.5, 0.6) is 0 Å². The van der Waals surface area contributed by atoms with Crippen LogP contribution in [0.1, 0.15) is 37.0 Å². The summed E-state index contributed by atoms with van der Waals surface area (Å²) >= 11 is 2.91. The summed E-state index contributed by atoms with van der Waals surface area (Å²) in [5, 5.41) is 14.8. The van der Waals surface area contributed by atoms with Crippen molar-refractivity contribution in [2.75, 3.05) is 0 Å². The van der Waals surface area contributed by atoms with E-state index < -0.39 is 0 Å². The first-order chi connectivity index (χ1) is 16.3. The van der Waals surface area contributed by atoms with Gasteiger partial charge in [-0.25, -0.2) is 4.98 Å². The van der Waals surface area contributed by atoms with Gasteiger partial charge in [-0.05, 0) is 30.0 Å². The van der Waals surface area contributed by atoms with Gasteiger partial charge in [0.25, 0.3) is 5.56 Å². The molecule has 0 N–H and O–H groups in total. The lowest BCUT2D eigenvalue weighted by Crippen LogP contribution is -2.15. The normalized spacial score (nSPS) is 11.9. The standard InChI is InChI=1S/C25H24N6OS2/c1-16-29-31-21(32)14-19(26-23(31)34-16)15-33-24-28-27-22(30(24)20-8-6-5-7-9-20)17-10-12-18(13-11-17)25(2,3)4/h5-14H,15H2,1-4H3. The highest BCUT2D eigenvalue weighted by molar-refractivity contribution is 7.98.